The van der Waals surface area contributed by atoms with E-state index in [1.54, 1.807) is 30.3 Å². The van der Waals surface area contributed by atoms with E-state index < -0.39 is 6.10 Å². The first kappa shape index (κ1) is 15.5. The summed E-state index contributed by atoms with van der Waals surface area (Å²) < 4.78 is 0. The van der Waals surface area contributed by atoms with E-state index in [9.17, 15) is 14.7 Å². The summed E-state index contributed by atoms with van der Waals surface area (Å²) in [6.45, 7) is 4.23. The summed E-state index contributed by atoms with van der Waals surface area (Å²) in [5, 5.41) is 10.5. The highest BCUT2D eigenvalue weighted by Gasteiger charge is 2.29. The Kier molecular flexibility index (Phi) is 4.98. The van der Waals surface area contributed by atoms with Gasteiger partial charge in [0.15, 0.2) is 0 Å². The van der Waals surface area contributed by atoms with Gasteiger partial charge in [0, 0.05) is 30.2 Å². The third kappa shape index (κ3) is 3.83. The van der Waals surface area contributed by atoms with Crippen LogP contribution >= 0.6 is 11.6 Å². The summed E-state index contributed by atoms with van der Waals surface area (Å²) in [6.07, 6.45) is 0.828. The Labute approximate surface area is 128 Å². The lowest BCUT2D eigenvalue weighted by Crippen LogP contribution is -2.39. The van der Waals surface area contributed by atoms with E-state index in [0.717, 1.165) is 0 Å². The Morgan fingerprint density at radius 3 is 2.67 bits per heavy atom. The average molecular weight is 309 g/mol. The Morgan fingerprint density at radius 2 is 2.05 bits per heavy atom. The summed E-state index contributed by atoms with van der Waals surface area (Å²) >= 11 is 5.79. The molecule has 1 heterocycles. The van der Waals surface area contributed by atoms with E-state index in [0.29, 0.717) is 17.1 Å². The Bertz CT molecular complexity index is 544. The maximum absolute atomic E-state index is 12.4. The van der Waals surface area contributed by atoms with Gasteiger partial charge in [0.25, 0.3) is 5.91 Å². The highest BCUT2D eigenvalue weighted by Crippen LogP contribution is 2.14. The van der Waals surface area contributed by atoms with Crippen LogP contribution in [0, 0.1) is 0 Å². The largest absolute Gasteiger partial charge is 0.389 e. The Hall–Kier alpha value is -1.85. The number of nitrogens with zero attached hydrogens (tertiary/aromatic N) is 2. The second-order valence-corrected chi connectivity index (χ2v) is 5.37. The minimum Gasteiger partial charge on any atom is -0.389 e. The predicted molar refractivity (Wildman–Crippen MR) is 80.1 cm³/mol. The number of hydrogen-bond acceptors (Lipinski definition) is 3. The fourth-order valence-electron chi connectivity index (χ4n) is 2.26. The van der Waals surface area contributed by atoms with Crippen LogP contribution in [0.4, 0.5) is 0 Å². The number of halogens is 1. The zero-order valence-corrected chi connectivity index (χ0v) is 12.3. The Balaban J connectivity index is 2.15. The molecule has 1 atom stereocenters. The smallest absolute Gasteiger partial charge is 0.254 e. The van der Waals surface area contributed by atoms with Gasteiger partial charge in [0.05, 0.1) is 6.10 Å². The Morgan fingerprint density at radius 1 is 1.38 bits per heavy atom. The molecule has 1 saturated heterocycles. The summed E-state index contributed by atoms with van der Waals surface area (Å²) in [7, 11) is 0. The van der Waals surface area contributed by atoms with E-state index in [1.807, 2.05) is 0 Å². The van der Waals surface area contributed by atoms with Crippen LogP contribution in [0.3, 0.4) is 0 Å². The molecule has 112 valence electrons. The second kappa shape index (κ2) is 6.74. The molecule has 5 nitrogen and oxygen atoms in total. The van der Waals surface area contributed by atoms with Crippen molar-refractivity contribution in [3.05, 3.63) is 47.5 Å². The van der Waals surface area contributed by atoms with Crippen molar-refractivity contribution in [2.75, 3.05) is 26.2 Å². The van der Waals surface area contributed by atoms with Gasteiger partial charge in [-0.3, -0.25) is 9.59 Å². The normalized spacial score (nSPS) is 19.3. The lowest BCUT2D eigenvalue weighted by molar-refractivity contribution is -0.130. The minimum absolute atomic E-state index is 0.0492. The van der Waals surface area contributed by atoms with Crippen LogP contribution in [0.2, 0.25) is 5.02 Å². The van der Waals surface area contributed by atoms with Crippen LogP contribution in [0.15, 0.2) is 36.9 Å². The van der Waals surface area contributed by atoms with Crippen molar-refractivity contribution in [3.8, 4) is 0 Å². The molecule has 21 heavy (non-hydrogen) atoms. The number of rotatable bonds is 3. The predicted octanol–water partition coefficient (Wildman–Crippen LogP) is 1.17. The molecule has 2 rings (SSSR count). The van der Waals surface area contributed by atoms with Crippen molar-refractivity contribution in [1.82, 2.24) is 9.80 Å². The van der Waals surface area contributed by atoms with Gasteiger partial charge >= 0.3 is 0 Å². The maximum Gasteiger partial charge on any atom is 0.254 e. The van der Waals surface area contributed by atoms with Gasteiger partial charge in [0.2, 0.25) is 5.91 Å². The third-order valence-corrected chi connectivity index (χ3v) is 3.52. The molecule has 2 amide bonds. The lowest BCUT2D eigenvalue weighted by atomic mass is 10.2. The summed E-state index contributed by atoms with van der Waals surface area (Å²) in [6, 6.07) is 6.45. The van der Waals surface area contributed by atoms with Crippen molar-refractivity contribution in [1.29, 1.82) is 0 Å². The molecule has 1 aliphatic rings. The number of β-amino-alcohol motifs (C(OH)–C–C–N with tert-alkyl or cyclic N) is 1. The molecule has 0 bridgehead atoms. The number of benzene rings is 1. The highest BCUT2D eigenvalue weighted by molar-refractivity contribution is 6.30. The fraction of sp³-hybridized carbons (Fsp3) is 0.333. The average Bonchev–Trinajstić information content (AvgIpc) is 2.59. The van der Waals surface area contributed by atoms with Crippen LogP contribution in [-0.4, -0.2) is 59.0 Å². The number of amides is 2. The van der Waals surface area contributed by atoms with E-state index in [-0.39, 0.29) is 31.4 Å². The van der Waals surface area contributed by atoms with Crippen LogP contribution in [0.25, 0.3) is 0 Å². The van der Waals surface area contributed by atoms with Gasteiger partial charge < -0.3 is 14.9 Å². The maximum atomic E-state index is 12.4. The summed E-state index contributed by atoms with van der Waals surface area (Å²) in [4.78, 5) is 27.4. The molecule has 1 aromatic rings. The van der Waals surface area contributed by atoms with E-state index in [1.165, 1.54) is 9.80 Å². The number of carbonyl (C=O) groups excluding carboxylic acids is 2. The van der Waals surface area contributed by atoms with E-state index in [4.69, 9.17) is 11.6 Å². The lowest BCUT2D eigenvalue weighted by Gasteiger charge is -2.21. The molecule has 0 aromatic heterocycles. The zero-order valence-electron chi connectivity index (χ0n) is 11.5. The number of aliphatic hydroxyl groups is 1. The van der Waals surface area contributed by atoms with Gasteiger partial charge in [-0.05, 0) is 24.3 Å². The minimum atomic E-state index is -0.771. The number of hydrogen-bond donors (Lipinski definition) is 1. The molecule has 1 fully saturated rings. The van der Waals surface area contributed by atoms with E-state index in [2.05, 4.69) is 6.58 Å². The molecule has 0 aliphatic carbocycles. The SMILES string of the molecule is C=CCN1CC(O)CN(C(=O)c2ccc(Cl)cc2)CC1=O. The standard InChI is InChI=1S/C15H17ClN2O3/c1-2-7-17-8-13(19)9-18(10-14(17)20)15(21)11-3-5-12(16)6-4-11/h2-6,13,19H,1,7-10H2. The fourth-order valence-corrected chi connectivity index (χ4v) is 2.38. The zero-order chi connectivity index (χ0) is 15.4. The van der Waals surface area contributed by atoms with Crippen LogP contribution in [0.1, 0.15) is 10.4 Å². The summed E-state index contributed by atoms with van der Waals surface area (Å²) in [5.41, 5.74) is 0.441. The third-order valence-electron chi connectivity index (χ3n) is 3.27. The molecule has 0 saturated carbocycles. The van der Waals surface area contributed by atoms with Crippen molar-refractivity contribution >= 4 is 23.4 Å². The molecular weight excluding hydrogens is 292 g/mol. The number of aliphatic hydroxyl groups excluding tert-OH is 1. The summed E-state index contributed by atoms with van der Waals surface area (Å²) in [5.74, 6) is -0.492. The second-order valence-electron chi connectivity index (χ2n) is 4.93. The molecule has 1 unspecified atom stereocenters. The van der Waals surface area contributed by atoms with Gasteiger partial charge in [-0.15, -0.1) is 6.58 Å². The molecule has 0 radical (unpaired) electrons. The molecule has 1 N–H and O–H groups in total. The molecule has 6 heteroatoms. The first-order chi connectivity index (χ1) is 10.0. The van der Waals surface area contributed by atoms with Crippen LogP contribution in [-0.2, 0) is 4.79 Å². The first-order valence-corrected chi connectivity index (χ1v) is 7.00. The van der Waals surface area contributed by atoms with Crippen molar-refractivity contribution in [2.45, 2.75) is 6.10 Å². The topological polar surface area (TPSA) is 60.9 Å². The highest BCUT2D eigenvalue weighted by atomic mass is 35.5. The number of carbonyl (C=O) groups is 2. The van der Waals surface area contributed by atoms with Crippen LogP contribution < -0.4 is 0 Å². The first-order valence-electron chi connectivity index (χ1n) is 6.63. The van der Waals surface area contributed by atoms with Crippen LogP contribution in [0.5, 0.6) is 0 Å². The van der Waals surface area contributed by atoms with Crippen molar-refractivity contribution in [3.63, 3.8) is 0 Å². The van der Waals surface area contributed by atoms with E-state index >= 15 is 0 Å². The van der Waals surface area contributed by atoms with Gasteiger partial charge in [-0.1, -0.05) is 17.7 Å². The molecule has 0 spiro atoms. The molecular formula is C15H17ClN2O3. The van der Waals surface area contributed by atoms with Gasteiger partial charge in [0.1, 0.15) is 6.54 Å². The van der Waals surface area contributed by atoms with Crippen molar-refractivity contribution in [2.24, 2.45) is 0 Å². The van der Waals surface area contributed by atoms with Gasteiger partial charge in [-0.2, -0.15) is 0 Å². The quantitative estimate of drug-likeness (QED) is 0.853. The molecule has 1 aliphatic heterocycles. The monoisotopic (exact) mass is 308 g/mol. The van der Waals surface area contributed by atoms with Crippen molar-refractivity contribution < 1.29 is 14.7 Å². The molecule has 1 aromatic carbocycles. The van der Waals surface area contributed by atoms with Gasteiger partial charge in [-0.25, -0.2) is 0 Å².